The molecule has 0 unspecified atom stereocenters. The second kappa shape index (κ2) is 8.83. The quantitative estimate of drug-likeness (QED) is 0.344. The van der Waals surface area contributed by atoms with E-state index in [1.807, 2.05) is 48.5 Å². The molecule has 0 spiro atoms. The topological polar surface area (TPSA) is 56.3 Å². The molecule has 6 heteroatoms. The molecular formula is C23H12N4S2. The molecule has 2 heterocycles. The van der Waals surface area contributed by atoms with Gasteiger partial charge in [-0.15, -0.1) is 22.7 Å². The summed E-state index contributed by atoms with van der Waals surface area (Å²) in [6.07, 6.45) is 3.18. The van der Waals surface area contributed by atoms with Gasteiger partial charge < -0.3 is 0 Å². The molecule has 0 aliphatic carbocycles. The Morgan fingerprint density at radius 3 is 2.24 bits per heavy atom. The van der Waals surface area contributed by atoms with E-state index in [1.165, 1.54) is 0 Å². The summed E-state index contributed by atoms with van der Waals surface area (Å²) < 4.78 is 0. The molecular weight excluding hydrogens is 396 g/mol. The molecule has 3 rings (SSSR count). The molecule has 136 valence electrons. The van der Waals surface area contributed by atoms with Crippen LogP contribution in [0.3, 0.4) is 0 Å². The smallest absolute Gasteiger partial charge is 0.192 e. The van der Waals surface area contributed by atoms with Crippen LogP contribution >= 0.6 is 22.7 Å². The van der Waals surface area contributed by atoms with Crippen LogP contribution in [0.4, 0.5) is 0 Å². The monoisotopic (exact) mass is 408 g/mol. The first-order valence-corrected chi connectivity index (χ1v) is 10.0. The van der Waals surface area contributed by atoms with Crippen LogP contribution in [0.2, 0.25) is 0 Å². The maximum atomic E-state index is 8.87. The SMILES string of the molecule is [C-]#[N+]C(=Cc1ccc(-c2sc(-c3ccc(C=C(C#N)C#N)cc3)cc2C)s1)[N+]#[C-]. The summed E-state index contributed by atoms with van der Waals surface area (Å²) in [7, 11) is 0. The van der Waals surface area contributed by atoms with E-state index in [2.05, 4.69) is 22.7 Å². The van der Waals surface area contributed by atoms with Crippen molar-refractivity contribution >= 4 is 34.8 Å². The summed E-state index contributed by atoms with van der Waals surface area (Å²) >= 11 is 3.25. The van der Waals surface area contributed by atoms with Crippen LogP contribution in [0.1, 0.15) is 16.0 Å². The predicted octanol–water partition coefficient (Wildman–Crippen LogP) is 7.02. The van der Waals surface area contributed by atoms with Gasteiger partial charge in [0.1, 0.15) is 30.9 Å². The fraction of sp³-hybridized carbons (Fsp3) is 0.0435. The second-order valence-corrected chi connectivity index (χ2v) is 8.12. The van der Waals surface area contributed by atoms with E-state index in [9.17, 15) is 0 Å². The van der Waals surface area contributed by atoms with Gasteiger partial charge in [-0.2, -0.15) is 20.2 Å². The lowest BCUT2D eigenvalue weighted by Crippen LogP contribution is -1.77. The Balaban J connectivity index is 1.90. The highest BCUT2D eigenvalue weighted by atomic mass is 32.1. The molecule has 0 amide bonds. The molecule has 0 saturated carbocycles. The lowest BCUT2D eigenvalue weighted by atomic mass is 10.1. The molecule has 1 aromatic carbocycles. The highest BCUT2D eigenvalue weighted by Gasteiger charge is 2.12. The minimum atomic E-state index is 0.0621. The van der Waals surface area contributed by atoms with Crippen molar-refractivity contribution in [2.24, 2.45) is 0 Å². The number of thiophene rings is 2. The van der Waals surface area contributed by atoms with E-state index < -0.39 is 0 Å². The van der Waals surface area contributed by atoms with E-state index in [1.54, 1.807) is 34.8 Å². The number of allylic oxidation sites excluding steroid dienone is 1. The van der Waals surface area contributed by atoms with Crippen LogP contribution in [0.15, 0.2) is 53.9 Å². The molecule has 0 aliphatic rings. The first-order chi connectivity index (χ1) is 14.1. The van der Waals surface area contributed by atoms with Crippen LogP contribution in [0.25, 0.3) is 42.0 Å². The zero-order valence-corrected chi connectivity index (χ0v) is 16.9. The van der Waals surface area contributed by atoms with Gasteiger partial charge in [-0.3, -0.25) is 0 Å². The molecule has 29 heavy (non-hydrogen) atoms. The molecule has 0 N–H and O–H groups in total. The number of hydrogen-bond acceptors (Lipinski definition) is 4. The van der Waals surface area contributed by atoms with Gasteiger partial charge in [0.25, 0.3) is 0 Å². The van der Waals surface area contributed by atoms with Gasteiger partial charge in [0, 0.05) is 25.6 Å². The van der Waals surface area contributed by atoms with E-state index in [0.717, 1.165) is 36.2 Å². The fourth-order valence-electron chi connectivity index (χ4n) is 2.64. The highest BCUT2D eigenvalue weighted by molar-refractivity contribution is 7.24. The number of hydrogen-bond donors (Lipinski definition) is 0. The maximum Gasteiger partial charge on any atom is 0.520 e. The third kappa shape index (κ3) is 4.49. The third-order valence-electron chi connectivity index (χ3n) is 4.02. The van der Waals surface area contributed by atoms with Gasteiger partial charge in [0.05, 0.1) is 0 Å². The van der Waals surface area contributed by atoms with Crippen LogP contribution in [-0.2, 0) is 0 Å². The lowest BCUT2D eigenvalue weighted by Gasteiger charge is -1.98. The van der Waals surface area contributed by atoms with Crippen LogP contribution < -0.4 is 0 Å². The van der Waals surface area contributed by atoms with Crippen molar-refractivity contribution in [3.05, 3.63) is 92.7 Å². The minimum absolute atomic E-state index is 0.0621. The Labute approximate surface area is 177 Å². The zero-order chi connectivity index (χ0) is 20.8. The number of nitriles is 2. The predicted molar refractivity (Wildman–Crippen MR) is 118 cm³/mol. The molecule has 0 bridgehead atoms. The van der Waals surface area contributed by atoms with Crippen molar-refractivity contribution in [1.82, 2.24) is 0 Å². The first kappa shape index (κ1) is 19.8. The Morgan fingerprint density at radius 1 is 0.931 bits per heavy atom. The number of benzene rings is 1. The summed E-state index contributed by atoms with van der Waals surface area (Å²) in [5.74, 6) is 0.0621. The Morgan fingerprint density at radius 2 is 1.62 bits per heavy atom. The molecule has 0 atom stereocenters. The van der Waals surface area contributed by atoms with E-state index in [4.69, 9.17) is 23.7 Å². The van der Waals surface area contributed by atoms with Crippen LogP contribution in [0.5, 0.6) is 0 Å². The molecule has 2 aromatic heterocycles. The normalized spacial score (nSPS) is 9.41. The summed E-state index contributed by atoms with van der Waals surface area (Å²) in [6.45, 7) is 16.1. The molecule has 0 radical (unpaired) electrons. The Hall–Kier alpha value is -3.94. The zero-order valence-electron chi connectivity index (χ0n) is 15.3. The lowest BCUT2D eigenvalue weighted by molar-refractivity contribution is 1.47. The summed E-state index contributed by atoms with van der Waals surface area (Å²) in [6, 6.07) is 17.6. The largest absolute Gasteiger partial charge is 0.520 e. The van der Waals surface area contributed by atoms with Crippen molar-refractivity contribution in [3.63, 3.8) is 0 Å². The average molecular weight is 409 g/mol. The Bertz CT molecular complexity index is 1260. The van der Waals surface area contributed by atoms with Crippen molar-refractivity contribution in [3.8, 4) is 32.3 Å². The summed E-state index contributed by atoms with van der Waals surface area (Å²) in [4.78, 5) is 10.7. The van der Waals surface area contributed by atoms with Crippen molar-refractivity contribution in [2.45, 2.75) is 6.92 Å². The van der Waals surface area contributed by atoms with Gasteiger partial charge in [0.15, 0.2) is 0 Å². The minimum Gasteiger partial charge on any atom is -0.192 e. The molecule has 3 aromatic rings. The second-order valence-electron chi connectivity index (χ2n) is 5.95. The van der Waals surface area contributed by atoms with Gasteiger partial charge in [-0.25, -0.2) is 0 Å². The van der Waals surface area contributed by atoms with Crippen molar-refractivity contribution in [1.29, 1.82) is 10.5 Å². The molecule has 0 aliphatic heterocycles. The summed E-state index contributed by atoms with van der Waals surface area (Å²) in [5, 5.41) is 17.7. The average Bonchev–Trinajstić information content (AvgIpc) is 3.37. The molecule has 0 saturated heterocycles. The standard InChI is InChI=1S/C23H12N4S2/c1-15-10-21(18-6-4-16(5-7-18)11-17(13-24)14-25)29-23(15)20-9-8-19(28-20)12-22(26-2)27-3/h4-12H,1H3. The number of nitrogens with zero attached hydrogens (tertiary/aromatic N) is 4. The Kier molecular flexibility index (Phi) is 6.03. The fourth-order valence-corrected chi connectivity index (χ4v) is 4.93. The van der Waals surface area contributed by atoms with Gasteiger partial charge in [-0.1, -0.05) is 24.3 Å². The molecule has 0 fully saturated rings. The van der Waals surface area contributed by atoms with Gasteiger partial charge in [-0.05, 0) is 47.9 Å². The van der Waals surface area contributed by atoms with Gasteiger partial charge in [0.2, 0.25) is 0 Å². The van der Waals surface area contributed by atoms with Crippen molar-refractivity contribution < 1.29 is 0 Å². The van der Waals surface area contributed by atoms with E-state index in [-0.39, 0.29) is 11.4 Å². The highest BCUT2D eigenvalue weighted by Crippen LogP contribution is 2.41. The van der Waals surface area contributed by atoms with Crippen LogP contribution in [-0.4, -0.2) is 0 Å². The maximum absolute atomic E-state index is 8.87. The number of rotatable bonds is 4. The number of aryl methyl sites for hydroxylation is 1. The third-order valence-corrected chi connectivity index (χ3v) is 6.51. The van der Waals surface area contributed by atoms with E-state index in [0.29, 0.717) is 0 Å². The van der Waals surface area contributed by atoms with E-state index >= 15 is 0 Å². The summed E-state index contributed by atoms with van der Waals surface area (Å²) in [5.41, 5.74) is 3.12. The van der Waals surface area contributed by atoms with Crippen LogP contribution in [0, 0.1) is 42.7 Å². The van der Waals surface area contributed by atoms with Crippen molar-refractivity contribution in [2.75, 3.05) is 0 Å². The van der Waals surface area contributed by atoms with Gasteiger partial charge >= 0.3 is 5.82 Å². The molecule has 4 nitrogen and oxygen atoms in total. The first-order valence-electron chi connectivity index (χ1n) is 8.37.